The van der Waals surface area contributed by atoms with E-state index in [0.717, 1.165) is 12.8 Å². The maximum Gasteiger partial charge on any atom is 0.296 e. The molecule has 0 amide bonds. The molecule has 0 radical (unpaired) electrons. The molecule has 0 aliphatic rings. The van der Waals surface area contributed by atoms with E-state index in [1.165, 1.54) is 63.8 Å². The number of ether oxygens (including phenoxy) is 2. The van der Waals surface area contributed by atoms with E-state index >= 15 is 0 Å². The number of benzene rings is 1. The first kappa shape index (κ1) is 21.7. The molecule has 2 N–H and O–H groups in total. The second-order valence-electron chi connectivity index (χ2n) is 6.10. The van der Waals surface area contributed by atoms with E-state index in [1.54, 1.807) is 0 Å². The Morgan fingerprint density at radius 2 is 1.60 bits per heavy atom. The zero-order chi connectivity index (χ0) is 18.7. The van der Waals surface area contributed by atoms with Crippen LogP contribution in [-0.4, -0.2) is 31.8 Å². The lowest BCUT2D eigenvalue weighted by molar-refractivity contribution is 0.237. The number of hydrogen-bond donors (Lipinski definition) is 2. The molecule has 0 fully saturated rings. The van der Waals surface area contributed by atoms with Crippen molar-refractivity contribution in [2.45, 2.75) is 63.7 Å². The molecule has 1 aromatic rings. The van der Waals surface area contributed by atoms with Gasteiger partial charge in [0.2, 0.25) is 5.44 Å². The van der Waals surface area contributed by atoms with E-state index in [1.807, 2.05) is 0 Å². The molecule has 1 aromatic carbocycles. The van der Waals surface area contributed by atoms with Crippen molar-refractivity contribution in [2.75, 3.05) is 13.7 Å². The third kappa shape index (κ3) is 8.07. The minimum absolute atomic E-state index is 0.0266. The van der Waals surface area contributed by atoms with E-state index < -0.39 is 15.6 Å². The molecule has 0 heterocycles. The Hall–Kier alpha value is -1.31. The number of unbranched alkanes of at least 4 members (excludes halogenated alkanes) is 7. The highest BCUT2D eigenvalue weighted by Crippen LogP contribution is 2.31. The van der Waals surface area contributed by atoms with Gasteiger partial charge in [-0.05, 0) is 18.6 Å². The molecule has 6 nitrogen and oxygen atoms in total. The summed E-state index contributed by atoms with van der Waals surface area (Å²) in [6.07, 6.45) is 9.67. The van der Waals surface area contributed by atoms with Gasteiger partial charge in [0, 0.05) is 5.56 Å². The van der Waals surface area contributed by atoms with E-state index in [9.17, 15) is 13.5 Å². The molecule has 7 heteroatoms. The predicted molar refractivity (Wildman–Crippen MR) is 97.6 cm³/mol. The lowest BCUT2D eigenvalue weighted by atomic mass is 10.1. The number of aliphatic hydroxyl groups excluding tert-OH is 1. The minimum atomic E-state index is -4.57. The molecule has 25 heavy (non-hydrogen) atoms. The molecule has 144 valence electrons. The van der Waals surface area contributed by atoms with Crippen LogP contribution in [0.2, 0.25) is 0 Å². The fourth-order valence-corrected chi connectivity index (χ4v) is 3.04. The van der Waals surface area contributed by atoms with Gasteiger partial charge in [-0.2, -0.15) is 8.42 Å². The van der Waals surface area contributed by atoms with Crippen LogP contribution in [0.4, 0.5) is 0 Å². The first-order chi connectivity index (χ1) is 11.9. The maximum absolute atomic E-state index is 11.0. The van der Waals surface area contributed by atoms with Crippen LogP contribution in [0.25, 0.3) is 0 Å². The van der Waals surface area contributed by atoms with Crippen molar-refractivity contribution in [3.8, 4) is 11.5 Å². The van der Waals surface area contributed by atoms with Gasteiger partial charge < -0.3 is 14.6 Å². The summed E-state index contributed by atoms with van der Waals surface area (Å²) in [5, 5.41) is 9.58. The summed E-state index contributed by atoms with van der Waals surface area (Å²) in [6.45, 7) is 2.76. The summed E-state index contributed by atoms with van der Waals surface area (Å²) < 4.78 is 41.8. The molecular weight excluding hydrogens is 344 g/mol. The first-order valence-corrected chi connectivity index (χ1v) is 10.4. The molecule has 0 spiro atoms. The Morgan fingerprint density at radius 1 is 1.00 bits per heavy atom. The van der Waals surface area contributed by atoms with Gasteiger partial charge in [-0.25, -0.2) is 0 Å². The third-order valence-electron chi connectivity index (χ3n) is 4.01. The Balaban J connectivity index is 2.41. The Bertz CT molecular complexity index is 600. The van der Waals surface area contributed by atoms with Gasteiger partial charge in [0.05, 0.1) is 13.7 Å². The fraction of sp³-hybridized carbons (Fsp3) is 0.667. The van der Waals surface area contributed by atoms with Gasteiger partial charge >= 0.3 is 0 Å². The minimum Gasteiger partial charge on any atom is -0.493 e. The van der Waals surface area contributed by atoms with Gasteiger partial charge in [-0.1, -0.05) is 57.9 Å². The van der Waals surface area contributed by atoms with Crippen molar-refractivity contribution in [3.63, 3.8) is 0 Å². The van der Waals surface area contributed by atoms with Crippen LogP contribution in [-0.2, 0) is 10.1 Å². The van der Waals surface area contributed by atoms with Gasteiger partial charge in [-0.15, -0.1) is 0 Å². The Morgan fingerprint density at radius 3 is 2.16 bits per heavy atom. The van der Waals surface area contributed by atoms with Crippen LogP contribution < -0.4 is 9.47 Å². The van der Waals surface area contributed by atoms with Crippen molar-refractivity contribution in [3.05, 3.63) is 23.8 Å². The van der Waals surface area contributed by atoms with Crippen LogP contribution in [0.1, 0.15) is 69.3 Å². The van der Waals surface area contributed by atoms with Gasteiger partial charge in [-0.3, -0.25) is 4.55 Å². The highest BCUT2D eigenvalue weighted by atomic mass is 32.2. The summed E-state index contributed by atoms with van der Waals surface area (Å²) in [4.78, 5) is 0. The van der Waals surface area contributed by atoms with E-state index in [4.69, 9.17) is 14.0 Å². The highest BCUT2D eigenvalue weighted by molar-refractivity contribution is 7.85. The Labute approximate surface area is 150 Å². The summed E-state index contributed by atoms with van der Waals surface area (Å²) in [6, 6.07) is 4.28. The number of aliphatic hydroxyl groups is 1. The second kappa shape index (κ2) is 11.3. The average molecular weight is 374 g/mol. The number of rotatable bonds is 13. The van der Waals surface area contributed by atoms with Crippen LogP contribution >= 0.6 is 0 Å². The standard InChI is InChI=1S/C18H30O6S/c1-3-4-5-6-7-8-9-10-13-24-16-12-11-15(14-17(16)23-2)18(19)25(20,21)22/h11-12,14,18-19H,3-10,13H2,1-2H3,(H,20,21,22). The average Bonchev–Trinajstić information content (AvgIpc) is 2.59. The van der Waals surface area contributed by atoms with Gasteiger partial charge in [0.15, 0.2) is 11.5 Å². The smallest absolute Gasteiger partial charge is 0.296 e. The number of hydrogen-bond acceptors (Lipinski definition) is 5. The first-order valence-electron chi connectivity index (χ1n) is 8.85. The quantitative estimate of drug-likeness (QED) is 0.399. The van der Waals surface area contributed by atoms with Crippen molar-refractivity contribution >= 4 is 10.1 Å². The van der Waals surface area contributed by atoms with Gasteiger partial charge in [0.1, 0.15) is 0 Å². The fourth-order valence-electron chi connectivity index (χ4n) is 2.55. The van der Waals surface area contributed by atoms with Crippen molar-refractivity contribution in [1.29, 1.82) is 0 Å². The summed E-state index contributed by atoms with van der Waals surface area (Å²) >= 11 is 0. The van der Waals surface area contributed by atoms with E-state index in [-0.39, 0.29) is 5.56 Å². The zero-order valence-corrected chi connectivity index (χ0v) is 15.9. The topological polar surface area (TPSA) is 93.1 Å². The molecule has 0 aliphatic heterocycles. The molecule has 1 rings (SSSR count). The lowest BCUT2D eigenvalue weighted by Crippen LogP contribution is -2.11. The largest absolute Gasteiger partial charge is 0.493 e. The van der Waals surface area contributed by atoms with E-state index in [2.05, 4.69) is 6.92 Å². The summed E-state index contributed by atoms with van der Waals surface area (Å²) in [7, 11) is -3.14. The van der Waals surface area contributed by atoms with Crippen molar-refractivity contribution in [1.82, 2.24) is 0 Å². The van der Waals surface area contributed by atoms with E-state index in [0.29, 0.717) is 18.1 Å². The SMILES string of the molecule is CCCCCCCCCCOc1ccc(C(O)S(=O)(=O)O)cc1OC. The highest BCUT2D eigenvalue weighted by Gasteiger charge is 2.23. The van der Waals surface area contributed by atoms with Crippen molar-refractivity contribution in [2.24, 2.45) is 0 Å². The van der Waals surface area contributed by atoms with Crippen LogP contribution in [0.15, 0.2) is 18.2 Å². The maximum atomic E-state index is 11.0. The van der Waals surface area contributed by atoms with Crippen LogP contribution in [0.5, 0.6) is 11.5 Å². The molecule has 0 aromatic heterocycles. The van der Waals surface area contributed by atoms with Crippen LogP contribution in [0.3, 0.4) is 0 Å². The molecule has 0 aliphatic carbocycles. The van der Waals surface area contributed by atoms with Crippen LogP contribution in [0, 0.1) is 0 Å². The molecule has 1 unspecified atom stereocenters. The normalized spacial score (nSPS) is 12.8. The summed E-state index contributed by atoms with van der Waals surface area (Å²) in [5.74, 6) is 0.802. The van der Waals surface area contributed by atoms with Crippen molar-refractivity contribution < 1.29 is 27.6 Å². The molecule has 1 atom stereocenters. The predicted octanol–water partition coefficient (Wildman–Crippen LogP) is 4.09. The third-order valence-corrected chi connectivity index (χ3v) is 4.85. The summed E-state index contributed by atoms with van der Waals surface area (Å²) in [5.41, 5.74) is -1.97. The Kier molecular flexibility index (Phi) is 9.85. The molecule has 0 saturated heterocycles. The molecule has 0 bridgehead atoms. The molecular formula is C18H30O6S. The lowest BCUT2D eigenvalue weighted by Gasteiger charge is -2.14. The monoisotopic (exact) mass is 374 g/mol. The molecule has 0 saturated carbocycles. The zero-order valence-electron chi connectivity index (χ0n) is 15.1. The second-order valence-corrected chi connectivity index (χ2v) is 7.58. The number of methoxy groups -OCH3 is 1. The van der Waals surface area contributed by atoms with Gasteiger partial charge in [0.25, 0.3) is 10.1 Å².